The molecule has 7 heteroatoms. The number of benzene rings is 1. The van der Waals surface area contributed by atoms with Crippen LogP contribution in [0.3, 0.4) is 0 Å². The number of halogens is 3. The van der Waals surface area contributed by atoms with Crippen LogP contribution in [0.1, 0.15) is 6.42 Å². The van der Waals surface area contributed by atoms with Crippen LogP contribution in [-0.2, 0) is 10.0 Å². The van der Waals surface area contributed by atoms with E-state index in [0.29, 0.717) is 17.8 Å². The van der Waals surface area contributed by atoms with Gasteiger partial charge in [0.05, 0.1) is 0 Å². The van der Waals surface area contributed by atoms with Crippen molar-refractivity contribution in [3.05, 3.63) is 29.8 Å². The predicted molar refractivity (Wildman–Crippen MR) is 64.6 cm³/mol. The van der Waals surface area contributed by atoms with Crippen molar-refractivity contribution in [1.82, 2.24) is 4.31 Å². The zero-order chi connectivity index (χ0) is 13.1. The molecular weight excluding hydrogens is 316 g/mol. The Bertz CT molecular complexity index is 493. The predicted octanol–water partition coefficient (Wildman–Crippen LogP) is 2.37. The van der Waals surface area contributed by atoms with Crippen LogP contribution in [0, 0.1) is 11.6 Å². The molecule has 0 aliphatic carbocycles. The molecule has 17 heavy (non-hydrogen) atoms. The van der Waals surface area contributed by atoms with Crippen molar-refractivity contribution in [1.29, 1.82) is 0 Å². The van der Waals surface area contributed by atoms with E-state index in [1.54, 1.807) is 0 Å². The summed E-state index contributed by atoms with van der Waals surface area (Å²) in [6.07, 6.45) is 0.610. The summed E-state index contributed by atoms with van der Waals surface area (Å²) in [5.74, 6) is -1.87. The average Bonchev–Trinajstić information content (AvgIpc) is 2.25. The lowest BCUT2D eigenvalue weighted by atomic mass is 10.3. The summed E-state index contributed by atoms with van der Waals surface area (Å²) in [4.78, 5) is -0.504. The van der Waals surface area contributed by atoms with Crippen molar-refractivity contribution >= 4 is 26.0 Å². The lowest BCUT2D eigenvalue weighted by Gasteiger charge is -2.16. The second-order valence-corrected chi connectivity index (χ2v) is 6.25. The van der Waals surface area contributed by atoms with Gasteiger partial charge in [-0.25, -0.2) is 21.5 Å². The third-order valence-electron chi connectivity index (χ3n) is 2.19. The van der Waals surface area contributed by atoms with Crippen molar-refractivity contribution in [3.8, 4) is 0 Å². The second kappa shape index (κ2) is 5.88. The molecule has 96 valence electrons. The number of hydrogen-bond acceptors (Lipinski definition) is 2. The first kappa shape index (κ1) is 14.5. The molecule has 0 N–H and O–H groups in total. The van der Waals surface area contributed by atoms with E-state index in [1.807, 2.05) is 0 Å². The Morgan fingerprint density at radius 3 is 2.53 bits per heavy atom. The quantitative estimate of drug-likeness (QED) is 0.778. The number of hydrogen-bond donors (Lipinski definition) is 0. The third kappa shape index (κ3) is 3.46. The van der Waals surface area contributed by atoms with Crippen LogP contribution >= 0.6 is 15.9 Å². The van der Waals surface area contributed by atoms with Crippen molar-refractivity contribution < 1.29 is 17.2 Å². The summed E-state index contributed by atoms with van der Waals surface area (Å²) in [6.45, 7) is 0.268. The zero-order valence-corrected chi connectivity index (χ0v) is 11.6. The number of rotatable bonds is 5. The first-order valence-corrected chi connectivity index (χ1v) is 7.43. The lowest BCUT2D eigenvalue weighted by Crippen LogP contribution is -2.28. The molecule has 0 saturated heterocycles. The van der Waals surface area contributed by atoms with Crippen LogP contribution in [0.4, 0.5) is 8.78 Å². The van der Waals surface area contributed by atoms with E-state index in [1.165, 1.54) is 7.05 Å². The standard InChI is InChI=1S/C10H12BrF2NO2S/c1-14(6-2-5-11)17(15,16)10-4-3-8(12)7-9(10)13/h3-4,7H,2,5-6H2,1H3. The van der Waals surface area contributed by atoms with Gasteiger partial charge in [-0.15, -0.1) is 0 Å². The monoisotopic (exact) mass is 327 g/mol. The van der Waals surface area contributed by atoms with E-state index in [2.05, 4.69) is 15.9 Å². The highest BCUT2D eigenvalue weighted by molar-refractivity contribution is 9.09. The molecule has 0 aliphatic heterocycles. The molecule has 0 amide bonds. The summed E-state index contributed by atoms with van der Waals surface area (Å²) < 4.78 is 50.9. The fourth-order valence-electron chi connectivity index (χ4n) is 1.25. The van der Waals surface area contributed by atoms with Gasteiger partial charge >= 0.3 is 0 Å². The summed E-state index contributed by atoms with van der Waals surface area (Å²) in [7, 11) is -2.53. The van der Waals surface area contributed by atoms with E-state index in [4.69, 9.17) is 0 Å². The van der Waals surface area contributed by atoms with Gasteiger partial charge in [-0.05, 0) is 18.6 Å². The largest absolute Gasteiger partial charge is 0.245 e. The topological polar surface area (TPSA) is 37.4 Å². The normalized spacial score (nSPS) is 12.1. The molecule has 0 spiro atoms. The van der Waals surface area contributed by atoms with Crippen molar-refractivity contribution in [3.63, 3.8) is 0 Å². The fraction of sp³-hybridized carbons (Fsp3) is 0.400. The van der Waals surface area contributed by atoms with E-state index >= 15 is 0 Å². The van der Waals surface area contributed by atoms with Crippen LogP contribution in [-0.4, -0.2) is 31.6 Å². The average molecular weight is 328 g/mol. The first-order chi connectivity index (χ1) is 7.89. The van der Waals surface area contributed by atoms with E-state index in [9.17, 15) is 17.2 Å². The summed E-state index contributed by atoms with van der Waals surface area (Å²) in [6, 6.07) is 2.42. The Balaban J connectivity index is 3.04. The first-order valence-electron chi connectivity index (χ1n) is 4.87. The summed E-state index contributed by atoms with van der Waals surface area (Å²) in [5, 5.41) is 0.652. The maximum Gasteiger partial charge on any atom is 0.245 e. The SMILES string of the molecule is CN(CCCBr)S(=O)(=O)c1ccc(F)cc1F. The van der Waals surface area contributed by atoms with Gasteiger partial charge in [0.25, 0.3) is 0 Å². The van der Waals surface area contributed by atoms with Gasteiger partial charge in [-0.3, -0.25) is 0 Å². The maximum absolute atomic E-state index is 13.4. The molecule has 0 saturated carbocycles. The van der Waals surface area contributed by atoms with E-state index in [-0.39, 0.29) is 6.54 Å². The van der Waals surface area contributed by atoms with Gasteiger partial charge < -0.3 is 0 Å². The second-order valence-electron chi connectivity index (χ2n) is 3.44. The van der Waals surface area contributed by atoms with E-state index < -0.39 is 26.6 Å². The summed E-state index contributed by atoms with van der Waals surface area (Å²) >= 11 is 3.18. The highest BCUT2D eigenvalue weighted by atomic mass is 79.9. The Morgan fingerprint density at radius 2 is 2.00 bits per heavy atom. The molecule has 0 aromatic heterocycles. The molecule has 1 rings (SSSR count). The minimum atomic E-state index is -3.89. The van der Waals surface area contributed by atoms with Crippen molar-refractivity contribution in [2.24, 2.45) is 0 Å². The van der Waals surface area contributed by atoms with Crippen LogP contribution in [0.5, 0.6) is 0 Å². The minimum absolute atomic E-state index is 0.268. The molecule has 0 radical (unpaired) electrons. The van der Waals surface area contributed by atoms with Gasteiger partial charge in [0.2, 0.25) is 10.0 Å². The van der Waals surface area contributed by atoms with Crippen LogP contribution < -0.4 is 0 Å². The van der Waals surface area contributed by atoms with Crippen LogP contribution in [0.2, 0.25) is 0 Å². The smallest absolute Gasteiger partial charge is 0.207 e. The Kier molecular flexibility index (Phi) is 5.03. The minimum Gasteiger partial charge on any atom is -0.207 e. The number of alkyl halides is 1. The van der Waals surface area contributed by atoms with Gasteiger partial charge in [-0.2, -0.15) is 0 Å². The lowest BCUT2D eigenvalue weighted by molar-refractivity contribution is 0.462. The molecule has 0 bridgehead atoms. The molecule has 0 aliphatic rings. The Hall–Kier alpha value is -0.530. The van der Waals surface area contributed by atoms with Crippen molar-refractivity contribution in [2.75, 3.05) is 18.9 Å². The third-order valence-corrected chi connectivity index (χ3v) is 4.64. The highest BCUT2D eigenvalue weighted by Crippen LogP contribution is 2.19. The molecule has 0 fully saturated rings. The van der Waals surface area contributed by atoms with Gasteiger partial charge in [0, 0.05) is 25.0 Å². The van der Waals surface area contributed by atoms with Gasteiger partial charge in [-0.1, -0.05) is 15.9 Å². The zero-order valence-electron chi connectivity index (χ0n) is 9.16. The molecule has 0 heterocycles. The molecular formula is C10H12BrF2NO2S. The van der Waals surface area contributed by atoms with Crippen LogP contribution in [0.25, 0.3) is 0 Å². The van der Waals surface area contributed by atoms with Crippen molar-refractivity contribution in [2.45, 2.75) is 11.3 Å². The Labute approximate surface area is 108 Å². The maximum atomic E-state index is 13.4. The molecule has 1 aromatic rings. The van der Waals surface area contributed by atoms with Crippen LogP contribution in [0.15, 0.2) is 23.1 Å². The number of nitrogens with zero attached hydrogens (tertiary/aromatic N) is 1. The molecule has 0 unspecified atom stereocenters. The number of sulfonamides is 1. The molecule has 1 aromatic carbocycles. The summed E-state index contributed by atoms with van der Waals surface area (Å²) in [5.41, 5.74) is 0. The molecule has 3 nitrogen and oxygen atoms in total. The highest BCUT2D eigenvalue weighted by Gasteiger charge is 2.24. The Morgan fingerprint density at radius 1 is 1.35 bits per heavy atom. The molecule has 0 atom stereocenters. The van der Waals surface area contributed by atoms with Gasteiger partial charge in [0.15, 0.2) is 0 Å². The van der Waals surface area contributed by atoms with Gasteiger partial charge in [0.1, 0.15) is 16.5 Å². The fourth-order valence-corrected chi connectivity index (χ4v) is 2.76. The van der Waals surface area contributed by atoms with E-state index in [0.717, 1.165) is 16.4 Å².